The monoisotopic (exact) mass is 363 g/mol. The van der Waals surface area contributed by atoms with Gasteiger partial charge in [0.1, 0.15) is 18.0 Å². The second-order valence-electron chi connectivity index (χ2n) is 7.42. The van der Waals surface area contributed by atoms with Gasteiger partial charge in [0, 0.05) is 57.8 Å². The third-order valence-corrected chi connectivity index (χ3v) is 5.41. The van der Waals surface area contributed by atoms with Crippen LogP contribution >= 0.6 is 0 Å². The number of hydrogen-bond donors (Lipinski definition) is 0. The summed E-state index contributed by atoms with van der Waals surface area (Å²) < 4.78 is 13.2. The summed E-state index contributed by atoms with van der Waals surface area (Å²) in [6, 6.07) is 3.40. The molecule has 3 rings (SSSR count). The van der Waals surface area contributed by atoms with E-state index in [0.717, 1.165) is 44.5 Å². The first-order valence-corrected chi connectivity index (χ1v) is 9.41. The average molecular weight is 363 g/mol. The number of amides is 1. The Morgan fingerprint density at radius 2 is 1.62 bits per heavy atom. The summed E-state index contributed by atoms with van der Waals surface area (Å²) in [5.41, 5.74) is 0.797. The van der Waals surface area contributed by atoms with E-state index in [1.165, 1.54) is 6.07 Å². The number of hydrogen-bond acceptors (Lipinski definition) is 5. The summed E-state index contributed by atoms with van der Waals surface area (Å²) in [5, 5.41) is 0. The molecule has 0 aliphatic carbocycles. The standard InChI is InChI=1S/C19H29N3O4/c1-14-12-17(13-18(23)21(14)3)25-15-6-10-22(11-7-15)19(24)26-16-4-8-20(2)9-5-16/h12-13,15-16H,4-11H2,1-3H3. The van der Waals surface area contributed by atoms with Gasteiger partial charge in [-0.1, -0.05) is 0 Å². The zero-order valence-corrected chi connectivity index (χ0v) is 15.9. The number of nitrogens with zero attached hydrogens (tertiary/aromatic N) is 3. The quantitative estimate of drug-likeness (QED) is 0.819. The average Bonchev–Trinajstić information content (AvgIpc) is 2.62. The van der Waals surface area contributed by atoms with Crippen molar-refractivity contribution in [3.8, 4) is 5.75 Å². The number of likely N-dealkylation sites (tertiary alicyclic amines) is 2. The lowest BCUT2D eigenvalue weighted by atomic mass is 10.1. The molecule has 0 radical (unpaired) electrons. The maximum Gasteiger partial charge on any atom is 0.410 e. The number of aryl methyl sites for hydroxylation is 1. The van der Waals surface area contributed by atoms with Crippen molar-refractivity contribution in [3.63, 3.8) is 0 Å². The van der Waals surface area contributed by atoms with Crippen LogP contribution in [0.2, 0.25) is 0 Å². The Hall–Kier alpha value is -2.02. The van der Waals surface area contributed by atoms with Gasteiger partial charge < -0.3 is 23.8 Å². The lowest BCUT2D eigenvalue weighted by molar-refractivity contribution is 0.0206. The first kappa shape index (κ1) is 18.8. The van der Waals surface area contributed by atoms with E-state index in [4.69, 9.17) is 9.47 Å². The Labute approximate surface area is 154 Å². The maximum absolute atomic E-state index is 12.3. The van der Waals surface area contributed by atoms with Crippen molar-refractivity contribution < 1.29 is 14.3 Å². The zero-order chi connectivity index (χ0) is 18.7. The molecule has 1 aromatic heterocycles. The van der Waals surface area contributed by atoms with E-state index >= 15 is 0 Å². The number of rotatable bonds is 3. The number of carbonyl (C=O) groups excluding carboxylic acids is 1. The Bertz CT molecular complexity index is 687. The van der Waals surface area contributed by atoms with Crippen molar-refractivity contribution in [3.05, 3.63) is 28.2 Å². The van der Waals surface area contributed by atoms with E-state index in [0.29, 0.717) is 18.8 Å². The van der Waals surface area contributed by atoms with Crippen LogP contribution in [-0.2, 0) is 11.8 Å². The lowest BCUT2D eigenvalue weighted by Crippen LogP contribution is -2.44. The Morgan fingerprint density at radius 3 is 2.23 bits per heavy atom. The van der Waals surface area contributed by atoms with Crippen LogP contribution < -0.4 is 10.3 Å². The maximum atomic E-state index is 12.3. The number of aromatic nitrogens is 1. The van der Waals surface area contributed by atoms with Crippen LogP contribution in [0.3, 0.4) is 0 Å². The van der Waals surface area contributed by atoms with Gasteiger partial charge in [0.05, 0.1) is 0 Å². The number of carbonyl (C=O) groups is 1. The Balaban J connectivity index is 1.46. The molecular formula is C19H29N3O4. The molecule has 0 saturated carbocycles. The van der Waals surface area contributed by atoms with Gasteiger partial charge in [-0.15, -0.1) is 0 Å². The molecule has 7 heteroatoms. The molecule has 0 aromatic carbocycles. The van der Waals surface area contributed by atoms with Crippen LogP contribution in [0.5, 0.6) is 5.75 Å². The van der Waals surface area contributed by atoms with Gasteiger partial charge in [-0.05, 0) is 32.9 Å². The molecule has 1 aromatic rings. The van der Waals surface area contributed by atoms with Crippen molar-refractivity contribution in [2.45, 2.75) is 44.8 Å². The van der Waals surface area contributed by atoms with Crippen molar-refractivity contribution >= 4 is 6.09 Å². The summed E-state index contributed by atoms with van der Waals surface area (Å²) in [7, 11) is 3.84. The molecule has 0 unspecified atom stereocenters. The molecule has 144 valence electrons. The van der Waals surface area contributed by atoms with Crippen molar-refractivity contribution in [1.82, 2.24) is 14.4 Å². The predicted molar refractivity (Wildman–Crippen MR) is 98.6 cm³/mol. The largest absolute Gasteiger partial charge is 0.490 e. The molecule has 7 nitrogen and oxygen atoms in total. The zero-order valence-electron chi connectivity index (χ0n) is 15.9. The van der Waals surface area contributed by atoms with E-state index < -0.39 is 0 Å². The molecule has 2 fully saturated rings. The van der Waals surface area contributed by atoms with E-state index in [2.05, 4.69) is 11.9 Å². The second kappa shape index (κ2) is 8.12. The van der Waals surface area contributed by atoms with E-state index in [-0.39, 0.29) is 23.9 Å². The highest BCUT2D eigenvalue weighted by Crippen LogP contribution is 2.20. The molecule has 2 saturated heterocycles. The first-order valence-electron chi connectivity index (χ1n) is 9.41. The van der Waals surface area contributed by atoms with Gasteiger partial charge in [0.25, 0.3) is 5.56 Å². The smallest absolute Gasteiger partial charge is 0.410 e. The van der Waals surface area contributed by atoms with E-state index in [1.807, 2.05) is 13.0 Å². The minimum atomic E-state index is -0.206. The minimum Gasteiger partial charge on any atom is -0.490 e. The molecule has 0 atom stereocenters. The van der Waals surface area contributed by atoms with Gasteiger partial charge in [0.15, 0.2) is 0 Å². The molecule has 0 N–H and O–H groups in total. The normalized spacial score (nSPS) is 20.2. The highest BCUT2D eigenvalue weighted by molar-refractivity contribution is 5.68. The SMILES string of the molecule is Cc1cc(OC2CCN(C(=O)OC3CCN(C)CC3)CC2)cc(=O)n1C. The molecule has 2 aliphatic rings. The van der Waals surface area contributed by atoms with Crippen LogP contribution in [0.15, 0.2) is 16.9 Å². The van der Waals surface area contributed by atoms with Crippen molar-refractivity contribution in [1.29, 1.82) is 0 Å². The fourth-order valence-electron chi connectivity index (χ4n) is 3.47. The highest BCUT2D eigenvalue weighted by atomic mass is 16.6. The van der Waals surface area contributed by atoms with Gasteiger partial charge in [-0.3, -0.25) is 4.79 Å². The van der Waals surface area contributed by atoms with E-state index in [1.54, 1.807) is 16.5 Å². The fraction of sp³-hybridized carbons (Fsp3) is 0.684. The second-order valence-corrected chi connectivity index (χ2v) is 7.42. The summed E-state index contributed by atoms with van der Waals surface area (Å²) in [5.74, 6) is 0.609. The Kier molecular flexibility index (Phi) is 5.86. The van der Waals surface area contributed by atoms with Crippen LogP contribution in [0.1, 0.15) is 31.4 Å². The molecule has 26 heavy (non-hydrogen) atoms. The summed E-state index contributed by atoms with van der Waals surface area (Å²) in [4.78, 5) is 28.2. The van der Waals surface area contributed by atoms with Crippen molar-refractivity contribution in [2.24, 2.45) is 7.05 Å². The fourth-order valence-corrected chi connectivity index (χ4v) is 3.47. The van der Waals surface area contributed by atoms with Crippen LogP contribution in [-0.4, -0.2) is 65.9 Å². The van der Waals surface area contributed by atoms with Crippen molar-refractivity contribution in [2.75, 3.05) is 33.2 Å². The molecule has 0 spiro atoms. The van der Waals surface area contributed by atoms with Gasteiger partial charge in [0.2, 0.25) is 0 Å². The van der Waals surface area contributed by atoms with Crippen LogP contribution in [0.25, 0.3) is 0 Å². The van der Waals surface area contributed by atoms with Crippen LogP contribution in [0, 0.1) is 6.92 Å². The topological polar surface area (TPSA) is 64.0 Å². The summed E-state index contributed by atoms with van der Waals surface area (Å²) in [6.07, 6.45) is 3.16. The van der Waals surface area contributed by atoms with Gasteiger partial charge >= 0.3 is 6.09 Å². The summed E-state index contributed by atoms with van der Waals surface area (Å²) >= 11 is 0. The lowest BCUT2D eigenvalue weighted by Gasteiger charge is -2.34. The third kappa shape index (κ3) is 4.58. The molecule has 2 aliphatic heterocycles. The first-order chi connectivity index (χ1) is 12.4. The predicted octanol–water partition coefficient (Wildman–Crippen LogP) is 1.77. The molecule has 0 bridgehead atoms. The van der Waals surface area contributed by atoms with Gasteiger partial charge in [-0.2, -0.15) is 0 Å². The third-order valence-electron chi connectivity index (χ3n) is 5.41. The number of ether oxygens (including phenoxy) is 2. The van der Waals surface area contributed by atoms with Crippen LogP contribution in [0.4, 0.5) is 4.79 Å². The van der Waals surface area contributed by atoms with Gasteiger partial charge in [-0.25, -0.2) is 4.79 Å². The Morgan fingerprint density at radius 1 is 1.00 bits per heavy atom. The molecule has 3 heterocycles. The minimum absolute atomic E-state index is 0.0221. The molecular weight excluding hydrogens is 334 g/mol. The highest BCUT2D eigenvalue weighted by Gasteiger charge is 2.28. The van der Waals surface area contributed by atoms with E-state index in [9.17, 15) is 9.59 Å². The number of pyridine rings is 1. The molecule has 1 amide bonds. The summed E-state index contributed by atoms with van der Waals surface area (Å²) in [6.45, 7) is 5.09. The number of piperidine rings is 2.